The topological polar surface area (TPSA) is 101 Å². The second-order valence-electron chi connectivity index (χ2n) is 4.35. The highest BCUT2D eigenvalue weighted by Crippen LogP contribution is 2.16. The number of carboxylic acids is 1. The summed E-state index contributed by atoms with van der Waals surface area (Å²) in [6.45, 7) is 0.409. The number of carbonyl (C=O) groups is 1. The molecule has 94 valence electrons. The molecule has 16 heavy (non-hydrogen) atoms. The summed E-state index contributed by atoms with van der Waals surface area (Å²) in [7, 11) is -1.11. The number of aliphatic carboxylic acids is 1. The van der Waals surface area contributed by atoms with Gasteiger partial charge in [-0.1, -0.05) is 0 Å². The van der Waals surface area contributed by atoms with Crippen LogP contribution in [0.15, 0.2) is 0 Å². The third-order valence-corrected chi connectivity index (χ3v) is 4.54. The van der Waals surface area contributed by atoms with Gasteiger partial charge in [0.2, 0.25) is 0 Å². The summed E-state index contributed by atoms with van der Waals surface area (Å²) in [6, 6.07) is -0.476. The number of rotatable bonds is 5. The third-order valence-electron chi connectivity index (χ3n) is 2.79. The molecule has 0 aromatic rings. The van der Waals surface area contributed by atoms with Gasteiger partial charge in [0.05, 0.1) is 17.9 Å². The van der Waals surface area contributed by atoms with Crippen LogP contribution in [0.2, 0.25) is 0 Å². The Bertz CT molecular complexity index is 355. The first-order valence-electron chi connectivity index (χ1n) is 5.18. The number of likely N-dealkylation sites (N-methyl/N-ethyl adjacent to an activating group) is 1. The smallest absolute Gasteiger partial charge is 0.304 e. The minimum absolute atomic E-state index is 0.0233. The lowest BCUT2D eigenvalue weighted by molar-refractivity contribution is -0.137. The molecular formula is C9H18N2O4S. The number of sulfone groups is 1. The molecule has 0 saturated carbocycles. The van der Waals surface area contributed by atoms with E-state index in [1.165, 1.54) is 0 Å². The van der Waals surface area contributed by atoms with Crippen LogP contribution in [0, 0.1) is 0 Å². The van der Waals surface area contributed by atoms with E-state index in [0.717, 1.165) is 0 Å². The average Bonchev–Trinajstić information content (AvgIpc) is 2.44. The first-order chi connectivity index (χ1) is 7.30. The monoisotopic (exact) mass is 250 g/mol. The van der Waals surface area contributed by atoms with Crippen molar-refractivity contribution in [2.75, 3.05) is 25.1 Å². The predicted molar refractivity (Wildman–Crippen MR) is 59.9 cm³/mol. The van der Waals surface area contributed by atoms with Gasteiger partial charge in [-0.25, -0.2) is 8.42 Å². The zero-order valence-corrected chi connectivity index (χ0v) is 10.1. The Morgan fingerprint density at radius 2 is 2.25 bits per heavy atom. The second-order valence-corrected chi connectivity index (χ2v) is 6.58. The molecule has 0 aromatic carbocycles. The molecule has 0 radical (unpaired) electrons. The molecular weight excluding hydrogens is 232 g/mol. The molecule has 3 N–H and O–H groups in total. The van der Waals surface area contributed by atoms with E-state index in [-0.39, 0.29) is 24.0 Å². The molecule has 0 aromatic heterocycles. The fourth-order valence-corrected chi connectivity index (χ4v) is 3.74. The van der Waals surface area contributed by atoms with Crippen molar-refractivity contribution in [1.82, 2.24) is 4.90 Å². The van der Waals surface area contributed by atoms with Crippen molar-refractivity contribution in [3.05, 3.63) is 0 Å². The van der Waals surface area contributed by atoms with Gasteiger partial charge in [0.25, 0.3) is 0 Å². The lowest BCUT2D eigenvalue weighted by atomic mass is 10.1. The van der Waals surface area contributed by atoms with Gasteiger partial charge in [-0.05, 0) is 13.5 Å². The van der Waals surface area contributed by atoms with E-state index in [0.29, 0.717) is 13.0 Å². The molecule has 1 aliphatic heterocycles. The highest BCUT2D eigenvalue weighted by atomic mass is 32.2. The maximum absolute atomic E-state index is 11.3. The molecule has 6 nitrogen and oxygen atoms in total. The lowest BCUT2D eigenvalue weighted by Crippen LogP contribution is -2.42. The van der Waals surface area contributed by atoms with Crippen molar-refractivity contribution in [1.29, 1.82) is 0 Å². The number of nitrogens with two attached hydrogens (primary N) is 1. The van der Waals surface area contributed by atoms with Crippen LogP contribution in [-0.2, 0) is 14.6 Å². The average molecular weight is 250 g/mol. The van der Waals surface area contributed by atoms with Gasteiger partial charge in [0, 0.05) is 18.6 Å². The van der Waals surface area contributed by atoms with Crippen LogP contribution in [-0.4, -0.2) is 61.6 Å². The molecule has 0 amide bonds. The summed E-state index contributed by atoms with van der Waals surface area (Å²) < 4.78 is 22.5. The highest BCUT2D eigenvalue weighted by molar-refractivity contribution is 7.91. The van der Waals surface area contributed by atoms with Gasteiger partial charge in [0.15, 0.2) is 9.84 Å². The first kappa shape index (κ1) is 13.4. The van der Waals surface area contributed by atoms with Crippen LogP contribution in [0.1, 0.15) is 12.8 Å². The molecule has 0 aliphatic carbocycles. The largest absolute Gasteiger partial charge is 0.481 e. The zero-order valence-electron chi connectivity index (χ0n) is 9.30. The van der Waals surface area contributed by atoms with Gasteiger partial charge in [0.1, 0.15) is 0 Å². The van der Waals surface area contributed by atoms with Crippen LogP contribution in [0.25, 0.3) is 0 Å². The Labute approximate surface area is 95.3 Å². The molecule has 2 unspecified atom stereocenters. The molecule has 0 bridgehead atoms. The van der Waals surface area contributed by atoms with Crippen molar-refractivity contribution in [3.63, 3.8) is 0 Å². The maximum Gasteiger partial charge on any atom is 0.304 e. The van der Waals surface area contributed by atoms with E-state index in [1.54, 1.807) is 7.05 Å². The van der Waals surface area contributed by atoms with Crippen molar-refractivity contribution in [2.45, 2.75) is 24.9 Å². The molecule has 1 heterocycles. The molecule has 0 spiro atoms. The van der Waals surface area contributed by atoms with Crippen LogP contribution < -0.4 is 5.73 Å². The minimum Gasteiger partial charge on any atom is -0.481 e. The quantitative estimate of drug-likeness (QED) is 0.643. The van der Waals surface area contributed by atoms with Crippen LogP contribution in [0.4, 0.5) is 0 Å². The number of hydrogen-bond donors (Lipinski definition) is 2. The van der Waals surface area contributed by atoms with E-state index in [1.807, 2.05) is 4.90 Å². The summed E-state index contributed by atoms with van der Waals surface area (Å²) in [4.78, 5) is 12.3. The fourth-order valence-electron chi connectivity index (χ4n) is 1.93. The Morgan fingerprint density at radius 1 is 1.62 bits per heavy atom. The molecule has 1 aliphatic rings. The van der Waals surface area contributed by atoms with Crippen molar-refractivity contribution in [2.24, 2.45) is 5.73 Å². The molecule has 1 rings (SSSR count). The Kier molecular flexibility index (Phi) is 4.28. The van der Waals surface area contributed by atoms with Gasteiger partial charge >= 0.3 is 5.97 Å². The second kappa shape index (κ2) is 5.11. The summed E-state index contributed by atoms with van der Waals surface area (Å²) >= 11 is 0. The minimum atomic E-state index is -2.90. The fraction of sp³-hybridized carbons (Fsp3) is 0.889. The van der Waals surface area contributed by atoms with Gasteiger partial charge < -0.3 is 15.7 Å². The van der Waals surface area contributed by atoms with Crippen molar-refractivity contribution in [3.8, 4) is 0 Å². The molecule has 2 atom stereocenters. The maximum atomic E-state index is 11.3. The standard InChI is InChI=1S/C9H18N2O4S/c1-11(5-7(10)4-9(12)13)8-2-3-16(14,15)6-8/h7-8H,2-6,10H2,1H3,(H,12,13). The SMILES string of the molecule is CN(CC(N)CC(=O)O)C1CCS(=O)(=O)C1. The van der Waals surface area contributed by atoms with E-state index >= 15 is 0 Å². The highest BCUT2D eigenvalue weighted by Gasteiger charge is 2.31. The lowest BCUT2D eigenvalue weighted by Gasteiger charge is -2.25. The van der Waals surface area contributed by atoms with E-state index in [4.69, 9.17) is 10.8 Å². The first-order valence-corrected chi connectivity index (χ1v) is 7.00. The van der Waals surface area contributed by atoms with Gasteiger partial charge in [-0.3, -0.25) is 4.79 Å². The summed E-state index contributed by atoms with van der Waals surface area (Å²) in [6.07, 6.45) is 0.516. The molecule has 7 heteroatoms. The van der Waals surface area contributed by atoms with Crippen molar-refractivity contribution < 1.29 is 18.3 Å². The zero-order chi connectivity index (χ0) is 12.3. The normalized spacial score (nSPS) is 25.8. The Morgan fingerprint density at radius 3 is 2.69 bits per heavy atom. The molecule has 1 saturated heterocycles. The van der Waals surface area contributed by atoms with Crippen LogP contribution >= 0.6 is 0 Å². The Hall–Kier alpha value is -0.660. The van der Waals surface area contributed by atoms with Gasteiger partial charge in [-0.2, -0.15) is 0 Å². The summed E-state index contributed by atoms with van der Waals surface area (Å²) in [5, 5.41) is 8.55. The van der Waals surface area contributed by atoms with Gasteiger partial charge in [-0.15, -0.1) is 0 Å². The Balaban J connectivity index is 2.41. The van der Waals surface area contributed by atoms with Crippen LogP contribution in [0.5, 0.6) is 0 Å². The van der Waals surface area contributed by atoms with E-state index in [2.05, 4.69) is 0 Å². The number of nitrogens with zero attached hydrogens (tertiary/aromatic N) is 1. The summed E-state index contributed by atoms with van der Waals surface area (Å²) in [5.74, 6) is -0.556. The number of hydrogen-bond acceptors (Lipinski definition) is 5. The van der Waals surface area contributed by atoms with Crippen molar-refractivity contribution >= 4 is 15.8 Å². The molecule has 1 fully saturated rings. The third kappa shape index (κ3) is 4.07. The number of carboxylic acid groups (broad SMARTS) is 1. The van der Waals surface area contributed by atoms with E-state index in [9.17, 15) is 13.2 Å². The predicted octanol–water partition coefficient (Wildman–Crippen LogP) is -1.09. The van der Waals surface area contributed by atoms with Crippen LogP contribution in [0.3, 0.4) is 0 Å². The van der Waals surface area contributed by atoms with E-state index < -0.39 is 21.8 Å². The summed E-state index contributed by atoms with van der Waals surface area (Å²) in [5.41, 5.74) is 5.64.